The molecule has 0 radical (unpaired) electrons. The van der Waals surface area contributed by atoms with Gasteiger partial charge >= 0.3 is 0 Å². The van der Waals surface area contributed by atoms with Crippen LogP contribution in [-0.4, -0.2) is 35.5 Å². The molecule has 0 spiro atoms. The first-order valence-electron chi connectivity index (χ1n) is 9.34. The van der Waals surface area contributed by atoms with Gasteiger partial charge in [0.2, 0.25) is 5.95 Å². The van der Waals surface area contributed by atoms with Crippen LogP contribution in [0.5, 0.6) is 0 Å². The van der Waals surface area contributed by atoms with Crippen molar-refractivity contribution < 1.29 is 4.79 Å². The molecule has 1 aliphatic heterocycles. The second-order valence-electron chi connectivity index (χ2n) is 7.12. The minimum Gasteiger partial charge on any atom is -0.372 e. The number of amides is 1. The zero-order valence-corrected chi connectivity index (χ0v) is 15.5. The number of hydrogen-bond acceptors (Lipinski definition) is 5. The lowest BCUT2D eigenvalue weighted by Gasteiger charge is -2.28. The van der Waals surface area contributed by atoms with E-state index in [2.05, 4.69) is 51.5 Å². The number of carbonyl (C=O) groups excluding carboxylic acids is 1. The molecule has 0 bridgehead atoms. The van der Waals surface area contributed by atoms with Crippen LogP contribution in [0.1, 0.15) is 43.5 Å². The van der Waals surface area contributed by atoms with E-state index >= 15 is 0 Å². The van der Waals surface area contributed by atoms with Crippen molar-refractivity contribution in [3.8, 4) is 0 Å². The Kier molecular flexibility index (Phi) is 6.04. The minimum absolute atomic E-state index is 0.142. The molecule has 0 saturated carbocycles. The van der Waals surface area contributed by atoms with Crippen LogP contribution < -0.4 is 15.5 Å². The molecular formula is C20H27N5O. The maximum Gasteiger partial charge on any atom is 0.254 e. The van der Waals surface area contributed by atoms with Gasteiger partial charge in [-0.3, -0.25) is 4.79 Å². The Balaban J connectivity index is 1.57. The van der Waals surface area contributed by atoms with Gasteiger partial charge in [-0.25, -0.2) is 9.97 Å². The van der Waals surface area contributed by atoms with E-state index in [1.54, 1.807) is 12.4 Å². The van der Waals surface area contributed by atoms with Crippen molar-refractivity contribution in [3.63, 3.8) is 0 Å². The van der Waals surface area contributed by atoms with E-state index in [-0.39, 0.29) is 5.91 Å². The number of hydrogen-bond donors (Lipinski definition) is 2. The topological polar surface area (TPSA) is 70.2 Å². The van der Waals surface area contributed by atoms with Crippen molar-refractivity contribution >= 4 is 23.2 Å². The van der Waals surface area contributed by atoms with Gasteiger partial charge < -0.3 is 15.5 Å². The Hall–Kier alpha value is -2.63. The summed E-state index contributed by atoms with van der Waals surface area (Å²) in [4.78, 5) is 22.9. The number of aromatic nitrogens is 2. The molecule has 26 heavy (non-hydrogen) atoms. The highest BCUT2D eigenvalue weighted by Crippen LogP contribution is 2.22. The maximum absolute atomic E-state index is 12.0. The summed E-state index contributed by atoms with van der Waals surface area (Å²) in [5.74, 6) is 0.751. The number of benzene rings is 1. The number of anilines is 3. The summed E-state index contributed by atoms with van der Waals surface area (Å²) in [5, 5.41) is 6.04. The highest BCUT2D eigenvalue weighted by molar-refractivity contribution is 5.93. The summed E-state index contributed by atoms with van der Waals surface area (Å²) >= 11 is 0. The Bertz CT molecular complexity index is 706. The smallest absolute Gasteiger partial charge is 0.254 e. The van der Waals surface area contributed by atoms with Crippen LogP contribution in [0, 0.1) is 5.92 Å². The largest absolute Gasteiger partial charge is 0.372 e. The van der Waals surface area contributed by atoms with E-state index in [4.69, 9.17) is 0 Å². The molecule has 1 amide bonds. The Labute approximate surface area is 155 Å². The van der Waals surface area contributed by atoms with Crippen LogP contribution in [0.2, 0.25) is 0 Å². The maximum atomic E-state index is 12.0. The van der Waals surface area contributed by atoms with E-state index in [0.717, 1.165) is 18.8 Å². The lowest BCUT2D eigenvalue weighted by atomic mass is 10.1. The second kappa shape index (κ2) is 8.65. The number of rotatable bonds is 6. The summed E-state index contributed by atoms with van der Waals surface area (Å²) in [7, 11) is 0. The Morgan fingerprint density at radius 2 is 1.73 bits per heavy atom. The van der Waals surface area contributed by atoms with Gasteiger partial charge in [-0.15, -0.1) is 0 Å². The average molecular weight is 353 g/mol. The molecule has 2 aromatic rings. The standard InChI is InChI=1S/C20H27N5O/c1-15(2)12-21-19(26)16-13-22-20(23-14-16)24-17-6-8-18(9-7-17)25-10-4-3-5-11-25/h6-9,13-15H,3-5,10-12H2,1-2H3,(H,21,26)(H,22,23,24). The van der Waals surface area contributed by atoms with Crippen LogP contribution >= 0.6 is 0 Å². The summed E-state index contributed by atoms with van der Waals surface area (Å²) in [6.45, 7) is 7.02. The molecule has 0 atom stereocenters. The zero-order chi connectivity index (χ0) is 18.4. The van der Waals surface area contributed by atoms with E-state index in [1.807, 2.05) is 12.1 Å². The van der Waals surface area contributed by atoms with Gasteiger partial charge in [0.25, 0.3) is 5.91 Å². The third-order valence-corrected chi connectivity index (χ3v) is 4.43. The molecule has 6 heteroatoms. The number of piperidine rings is 1. The van der Waals surface area contributed by atoms with Crippen molar-refractivity contribution in [3.05, 3.63) is 42.2 Å². The fraction of sp³-hybridized carbons (Fsp3) is 0.450. The van der Waals surface area contributed by atoms with Gasteiger partial charge in [0, 0.05) is 43.4 Å². The Morgan fingerprint density at radius 1 is 1.08 bits per heavy atom. The quantitative estimate of drug-likeness (QED) is 0.830. The summed E-state index contributed by atoms with van der Waals surface area (Å²) in [5.41, 5.74) is 2.66. The molecule has 2 heterocycles. The van der Waals surface area contributed by atoms with E-state index in [0.29, 0.717) is 24.0 Å². The van der Waals surface area contributed by atoms with Gasteiger partial charge in [-0.05, 0) is 49.4 Å². The number of nitrogens with zero attached hydrogens (tertiary/aromatic N) is 3. The third-order valence-electron chi connectivity index (χ3n) is 4.43. The first-order valence-corrected chi connectivity index (χ1v) is 9.34. The van der Waals surface area contributed by atoms with Gasteiger partial charge in [0.05, 0.1) is 5.56 Å². The molecular weight excluding hydrogens is 326 g/mol. The fourth-order valence-corrected chi connectivity index (χ4v) is 2.95. The Morgan fingerprint density at radius 3 is 2.35 bits per heavy atom. The minimum atomic E-state index is -0.142. The first kappa shape index (κ1) is 18.2. The molecule has 0 aliphatic carbocycles. The van der Waals surface area contributed by atoms with Crippen molar-refractivity contribution in [2.24, 2.45) is 5.92 Å². The summed E-state index contributed by atoms with van der Waals surface area (Å²) in [6, 6.07) is 8.33. The molecule has 6 nitrogen and oxygen atoms in total. The molecule has 138 valence electrons. The monoisotopic (exact) mass is 353 g/mol. The van der Waals surface area contributed by atoms with Crippen molar-refractivity contribution in [1.29, 1.82) is 0 Å². The van der Waals surface area contributed by atoms with Gasteiger partial charge in [0.1, 0.15) is 0 Å². The lowest BCUT2D eigenvalue weighted by molar-refractivity contribution is 0.0948. The normalized spacial score (nSPS) is 14.3. The van der Waals surface area contributed by atoms with Crippen molar-refractivity contribution in [1.82, 2.24) is 15.3 Å². The predicted molar refractivity (Wildman–Crippen MR) is 105 cm³/mol. The van der Waals surface area contributed by atoms with Crippen LogP contribution in [-0.2, 0) is 0 Å². The van der Waals surface area contributed by atoms with Crippen LogP contribution in [0.15, 0.2) is 36.7 Å². The molecule has 3 rings (SSSR count). The van der Waals surface area contributed by atoms with E-state index < -0.39 is 0 Å². The van der Waals surface area contributed by atoms with Crippen LogP contribution in [0.3, 0.4) is 0 Å². The number of nitrogens with one attached hydrogen (secondary N) is 2. The van der Waals surface area contributed by atoms with Crippen molar-refractivity contribution in [2.75, 3.05) is 29.9 Å². The van der Waals surface area contributed by atoms with Gasteiger partial charge in [0.15, 0.2) is 0 Å². The van der Waals surface area contributed by atoms with Gasteiger partial charge in [-0.2, -0.15) is 0 Å². The SMILES string of the molecule is CC(C)CNC(=O)c1cnc(Nc2ccc(N3CCCCC3)cc2)nc1. The molecule has 1 aromatic carbocycles. The van der Waals surface area contributed by atoms with E-state index in [9.17, 15) is 4.79 Å². The highest BCUT2D eigenvalue weighted by atomic mass is 16.1. The van der Waals surface area contributed by atoms with E-state index in [1.165, 1.54) is 24.9 Å². The average Bonchev–Trinajstić information content (AvgIpc) is 2.68. The molecule has 1 fully saturated rings. The molecule has 0 unspecified atom stereocenters. The fourth-order valence-electron chi connectivity index (χ4n) is 2.95. The third kappa shape index (κ3) is 4.94. The lowest BCUT2D eigenvalue weighted by Crippen LogP contribution is -2.29. The molecule has 1 aliphatic rings. The molecule has 1 aromatic heterocycles. The summed E-state index contributed by atoms with van der Waals surface area (Å²) < 4.78 is 0. The first-order chi connectivity index (χ1) is 12.6. The summed E-state index contributed by atoms with van der Waals surface area (Å²) in [6.07, 6.45) is 6.97. The highest BCUT2D eigenvalue weighted by Gasteiger charge is 2.11. The second-order valence-corrected chi connectivity index (χ2v) is 7.12. The molecule has 2 N–H and O–H groups in total. The molecule has 1 saturated heterocycles. The predicted octanol–water partition coefficient (Wildman–Crippen LogP) is 3.60. The van der Waals surface area contributed by atoms with Crippen LogP contribution in [0.25, 0.3) is 0 Å². The van der Waals surface area contributed by atoms with Crippen LogP contribution in [0.4, 0.5) is 17.3 Å². The van der Waals surface area contributed by atoms with Gasteiger partial charge in [-0.1, -0.05) is 13.8 Å². The van der Waals surface area contributed by atoms with Crippen molar-refractivity contribution in [2.45, 2.75) is 33.1 Å². The number of carbonyl (C=O) groups is 1. The zero-order valence-electron chi connectivity index (χ0n) is 15.5.